The Morgan fingerprint density at radius 1 is 0.731 bits per heavy atom. The van der Waals surface area contributed by atoms with Crippen molar-refractivity contribution in [3.8, 4) is 0 Å². The fourth-order valence-electron chi connectivity index (χ4n) is 2.74. The van der Waals surface area contributed by atoms with E-state index in [0.29, 0.717) is 0 Å². The number of amides is 1. The van der Waals surface area contributed by atoms with Gasteiger partial charge in [-0.1, -0.05) is 78.9 Å². The van der Waals surface area contributed by atoms with Crippen molar-refractivity contribution >= 4 is 15.7 Å². The van der Waals surface area contributed by atoms with Crippen molar-refractivity contribution in [1.82, 2.24) is 5.32 Å². The minimum Gasteiger partial charge on any atom is -0.344 e. The lowest BCUT2D eigenvalue weighted by molar-refractivity contribution is -0.119. The lowest BCUT2D eigenvalue weighted by Gasteiger charge is -2.20. The Morgan fingerprint density at radius 3 is 1.62 bits per heavy atom. The third-order valence-corrected chi connectivity index (χ3v) is 5.63. The Balaban J connectivity index is 1.82. The van der Waals surface area contributed by atoms with Crippen molar-refractivity contribution in [3.05, 3.63) is 102 Å². The third-order valence-electron chi connectivity index (χ3n) is 3.99. The van der Waals surface area contributed by atoms with Gasteiger partial charge in [-0.3, -0.25) is 4.79 Å². The molecule has 0 saturated carbocycles. The highest BCUT2D eigenvalue weighted by molar-refractivity contribution is 7.92. The van der Waals surface area contributed by atoms with Crippen molar-refractivity contribution in [2.75, 3.05) is 5.75 Å². The van der Waals surface area contributed by atoms with Crippen LogP contribution in [0.5, 0.6) is 0 Å². The Kier molecular flexibility index (Phi) is 5.49. The zero-order valence-electron chi connectivity index (χ0n) is 14.1. The van der Waals surface area contributed by atoms with Gasteiger partial charge < -0.3 is 5.32 Å². The second kappa shape index (κ2) is 7.97. The summed E-state index contributed by atoms with van der Waals surface area (Å²) in [4.78, 5) is 12.6. The predicted octanol–water partition coefficient (Wildman–Crippen LogP) is 3.37. The van der Waals surface area contributed by atoms with Crippen LogP contribution in [-0.4, -0.2) is 20.1 Å². The fraction of sp³-hybridized carbons (Fsp3) is 0.0952. The summed E-state index contributed by atoms with van der Waals surface area (Å²) in [6, 6.07) is 26.6. The summed E-state index contributed by atoms with van der Waals surface area (Å²) in [6.45, 7) is 0. The number of carbonyl (C=O) groups is 1. The number of hydrogen-bond donors (Lipinski definition) is 1. The highest BCUT2D eigenvalue weighted by atomic mass is 32.2. The zero-order valence-corrected chi connectivity index (χ0v) is 14.9. The highest BCUT2D eigenvalue weighted by Crippen LogP contribution is 2.22. The molecule has 0 spiro atoms. The molecule has 3 rings (SSSR count). The molecule has 0 aliphatic carbocycles. The molecule has 0 radical (unpaired) electrons. The van der Waals surface area contributed by atoms with Crippen LogP contribution in [0.15, 0.2) is 95.9 Å². The molecule has 0 fully saturated rings. The van der Waals surface area contributed by atoms with Crippen LogP contribution in [0.2, 0.25) is 0 Å². The van der Waals surface area contributed by atoms with Gasteiger partial charge in [-0.15, -0.1) is 0 Å². The van der Waals surface area contributed by atoms with Crippen LogP contribution >= 0.6 is 0 Å². The van der Waals surface area contributed by atoms with Gasteiger partial charge in [0.25, 0.3) is 0 Å². The van der Waals surface area contributed by atoms with E-state index in [1.54, 1.807) is 18.2 Å². The van der Waals surface area contributed by atoms with Gasteiger partial charge in [0.05, 0.1) is 10.9 Å². The summed E-state index contributed by atoms with van der Waals surface area (Å²) in [6.07, 6.45) is 0. The van der Waals surface area contributed by atoms with E-state index in [9.17, 15) is 13.2 Å². The molecule has 1 N–H and O–H groups in total. The minimum absolute atomic E-state index is 0.145. The SMILES string of the molecule is O=C(CS(=O)(=O)c1ccccc1)NC(c1ccccc1)c1ccccc1. The minimum atomic E-state index is -3.68. The van der Waals surface area contributed by atoms with Gasteiger partial charge in [0.2, 0.25) is 5.91 Å². The first kappa shape index (κ1) is 17.9. The van der Waals surface area contributed by atoms with E-state index >= 15 is 0 Å². The van der Waals surface area contributed by atoms with Gasteiger partial charge in [0.1, 0.15) is 5.75 Å². The van der Waals surface area contributed by atoms with Crippen LogP contribution in [0, 0.1) is 0 Å². The van der Waals surface area contributed by atoms with Crippen LogP contribution < -0.4 is 5.32 Å². The molecule has 0 aromatic heterocycles. The highest BCUT2D eigenvalue weighted by Gasteiger charge is 2.22. The standard InChI is InChI=1S/C21H19NO3S/c23-20(16-26(24,25)19-14-8-3-9-15-19)22-21(17-10-4-1-5-11-17)18-12-6-2-7-13-18/h1-15,21H,16H2,(H,22,23). The molecular weight excluding hydrogens is 346 g/mol. The van der Waals surface area contributed by atoms with Gasteiger partial charge >= 0.3 is 0 Å². The average molecular weight is 365 g/mol. The summed E-state index contributed by atoms with van der Waals surface area (Å²) < 4.78 is 24.9. The lowest BCUT2D eigenvalue weighted by Crippen LogP contribution is -2.34. The van der Waals surface area contributed by atoms with Crippen LogP contribution in [0.1, 0.15) is 17.2 Å². The smallest absolute Gasteiger partial charge is 0.236 e. The normalized spacial score (nSPS) is 11.3. The molecule has 0 unspecified atom stereocenters. The van der Waals surface area contributed by atoms with Crippen molar-refractivity contribution in [3.63, 3.8) is 0 Å². The summed E-state index contributed by atoms with van der Waals surface area (Å²) in [5, 5.41) is 2.86. The molecule has 3 aromatic rings. The van der Waals surface area contributed by atoms with Crippen molar-refractivity contribution < 1.29 is 13.2 Å². The quantitative estimate of drug-likeness (QED) is 0.728. The maximum atomic E-state index is 12.5. The van der Waals surface area contributed by atoms with Crippen LogP contribution in [0.3, 0.4) is 0 Å². The predicted molar refractivity (Wildman–Crippen MR) is 101 cm³/mol. The van der Waals surface area contributed by atoms with E-state index < -0.39 is 27.5 Å². The van der Waals surface area contributed by atoms with Crippen LogP contribution in [-0.2, 0) is 14.6 Å². The van der Waals surface area contributed by atoms with Crippen LogP contribution in [0.25, 0.3) is 0 Å². The van der Waals surface area contributed by atoms with E-state index in [1.807, 2.05) is 60.7 Å². The Labute approximate surface area is 153 Å². The monoisotopic (exact) mass is 365 g/mol. The topological polar surface area (TPSA) is 63.2 Å². The van der Waals surface area contributed by atoms with Crippen molar-refractivity contribution in [2.24, 2.45) is 0 Å². The maximum absolute atomic E-state index is 12.5. The zero-order chi connectivity index (χ0) is 18.4. The molecule has 0 atom stereocenters. The number of benzene rings is 3. The fourth-order valence-corrected chi connectivity index (χ4v) is 3.90. The van der Waals surface area contributed by atoms with Crippen molar-refractivity contribution in [2.45, 2.75) is 10.9 Å². The number of hydrogen-bond acceptors (Lipinski definition) is 3. The molecule has 132 valence electrons. The van der Waals surface area contributed by atoms with E-state index in [0.717, 1.165) is 11.1 Å². The summed E-state index contributed by atoms with van der Waals surface area (Å²) in [7, 11) is -3.68. The molecule has 1 amide bonds. The molecule has 0 aliphatic heterocycles. The average Bonchev–Trinajstić information content (AvgIpc) is 2.68. The number of nitrogens with one attached hydrogen (secondary N) is 1. The first-order chi connectivity index (χ1) is 12.6. The van der Waals surface area contributed by atoms with Crippen molar-refractivity contribution in [1.29, 1.82) is 0 Å². The molecule has 3 aromatic carbocycles. The first-order valence-corrected chi connectivity index (χ1v) is 9.88. The van der Waals surface area contributed by atoms with E-state index in [-0.39, 0.29) is 4.90 Å². The van der Waals surface area contributed by atoms with E-state index in [4.69, 9.17) is 0 Å². The summed E-state index contributed by atoms with van der Waals surface area (Å²) >= 11 is 0. The van der Waals surface area contributed by atoms with Gasteiger partial charge in [-0.2, -0.15) is 0 Å². The maximum Gasteiger partial charge on any atom is 0.236 e. The second-order valence-electron chi connectivity index (χ2n) is 5.89. The molecule has 0 bridgehead atoms. The van der Waals surface area contributed by atoms with Gasteiger partial charge in [-0.25, -0.2) is 8.42 Å². The molecular formula is C21H19NO3S. The Hall–Kier alpha value is -2.92. The summed E-state index contributed by atoms with van der Waals surface area (Å²) in [5.41, 5.74) is 1.79. The lowest BCUT2D eigenvalue weighted by atomic mass is 9.99. The number of sulfone groups is 1. The molecule has 0 aliphatic rings. The Bertz CT molecular complexity index is 916. The van der Waals surface area contributed by atoms with E-state index in [1.165, 1.54) is 12.1 Å². The molecule has 0 heterocycles. The number of rotatable bonds is 6. The first-order valence-electron chi connectivity index (χ1n) is 8.23. The Morgan fingerprint density at radius 2 is 1.15 bits per heavy atom. The largest absolute Gasteiger partial charge is 0.344 e. The third kappa shape index (κ3) is 4.37. The number of carbonyl (C=O) groups excluding carboxylic acids is 1. The summed E-state index contributed by atoms with van der Waals surface area (Å²) in [5.74, 6) is -1.13. The second-order valence-corrected chi connectivity index (χ2v) is 7.88. The molecule has 4 nitrogen and oxygen atoms in total. The molecule has 5 heteroatoms. The van der Waals surface area contributed by atoms with Gasteiger partial charge in [-0.05, 0) is 23.3 Å². The van der Waals surface area contributed by atoms with Gasteiger partial charge in [0.15, 0.2) is 9.84 Å². The molecule has 26 heavy (non-hydrogen) atoms. The van der Waals surface area contributed by atoms with Crippen LogP contribution in [0.4, 0.5) is 0 Å². The molecule has 0 saturated heterocycles. The van der Waals surface area contributed by atoms with Gasteiger partial charge in [0, 0.05) is 0 Å². The van der Waals surface area contributed by atoms with E-state index in [2.05, 4.69) is 5.32 Å².